The molecule has 108 valence electrons. The van der Waals surface area contributed by atoms with Crippen LogP contribution in [0.4, 0.5) is 0 Å². The predicted octanol–water partition coefficient (Wildman–Crippen LogP) is 2.60. The lowest BCUT2D eigenvalue weighted by Gasteiger charge is -2.39. The molecule has 0 unspecified atom stereocenters. The summed E-state index contributed by atoms with van der Waals surface area (Å²) < 4.78 is 17.0. The van der Waals surface area contributed by atoms with Crippen molar-refractivity contribution in [3.05, 3.63) is 23.8 Å². The second kappa shape index (κ2) is 5.41. The summed E-state index contributed by atoms with van der Waals surface area (Å²) >= 11 is 0. The lowest BCUT2D eigenvalue weighted by Crippen LogP contribution is -2.42. The molecule has 0 saturated heterocycles. The summed E-state index contributed by atoms with van der Waals surface area (Å²) in [4.78, 5) is 0. The molecule has 2 bridgehead atoms. The van der Waals surface area contributed by atoms with Gasteiger partial charge in [0.1, 0.15) is 0 Å². The molecule has 4 heteroatoms. The highest BCUT2D eigenvalue weighted by molar-refractivity contribution is 7.88. The van der Waals surface area contributed by atoms with E-state index >= 15 is 0 Å². The topological polar surface area (TPSA) is 46.5 Å². The Balaban J connectivity index is 2.07. The van der Waals surface area contributed by atoms with Crippen LogP contribution in [-0.4, -0.2) is 28.3 Å². The number of hydrogen-bond acceptors (Lipinski definition) is 3. The molecule has 2 rings (SSSR count). The van der Waals surface area contributed by atoms with Crippen LogP contribution in [0.1, 0.15) is 33.1 Å². The van der Waals surface area contributed by atoms with Crippen LogP contribution in [-0.2, 0) is 15.5 Å². The summed E-state index contributed by atoms with van der Waals surface area (Å²) in [5, 5.41) is 12.1. The van der Waals surface area contributed by atoms with Crippen LogP contribution in [0.25, 0.3) is 0 Å². The molecule has 0 aromatic rings. The number of aliphatic hydroxyl groups excluding tert-OH is 1. The van der Waals surface area contributed by atoms with E-state index in [1.165, 1.54) is 0 Å². The average Bonchev–Trinajstić information content (AvgIpc) is 2.68. The van der Waals surface area contributed by atoms with Gasteiger partial charge in [0.15, 0.2) is 0 Å². The van der Waals surface area contributed by atoms with Crippen molar-refractivity contribution in [3.63, 3.8) is 0 Å². The molecule has 0 aromatic heterocycles. The number of aliphatic hydroxyl groups is 1. The van der Waals surface area contributed by atoms with Crippen molar-refractivity contribution in [1.82, 2.24) is 0 Å². The fraction of sp³-hybridized carbons (Fsp3) is 0.733. The van der Waals surface area contributed by atoms with Crippen LogP contribution in [0.5, 0.6) is 0 Å². The average molecular weight is 284 g/mol. The maximum Gasteiger partial charge on any atom is 0.0824 e. The Morgan fingerprint density at radius 1 is 1.42 bits per heavy atom. The third-order valence-electron chi connectivity index (χ3n) is 5.34. The first kappa shape index (κ1) is 14.8. The summed E-state index contributed by atoms with van der Waals surface area (Å²) in [7, 11) is 0.539. The Morgan fingerprint density at radius 3 is 2.68 bits per heavy atom. The van der Waals surface area contributed by atoms with Crippen molar-refractivity contribution in [2.75, 3.05) is 12.9 Å². The number of hydrogen-bond donors (Lipinski definition) is 1. The van der Waals surface area contributed by atoms with Crippen LogP contribution in [0.15, 0.2) is 23.8 Å². The molecule has 0 spiro atoms. The first-order chi connectivity index (χ1) is 8.94. The van der Waals surface area contributed by atoms with E-state index in [9.17, 15) is 9.32 Å². The third-order valence-corrected chi connectivity index (χ3v) is 6.60. The number of methoxy groups -OCH3 is 1. The Morgan fingerprint density at radius 2 is 2.16 bits per heavy atom. The van der Waals surface area contributed by atoms with Crippen LogP contribution < -0.4 is 0 Å². The van der Waals surface area contributed by atoms with Gasteiger partial charge in [-0.15, -0.1) is 0 Å². The highest BCUT2D eigenvalue weighted by Gasteiger charge is 2.63. The van der Waals surface area contributed by atoms with Gasteiger partial charge in [-0.05, 0) is 36.7 Å². The van der Waals surface area contributed by atoms with Gasteiger partial charge < -0.3 is 9.84 Å². The van der Waals surface area contributed by atoms with E-state index < -0.39 is 10.8 Å². The minimum atomic E-state index is -1.04. The lowest BCUT2D eigenvalue weighted by molar-refractivity contribution is 0.0162. The zero-order chi connectivity index (χ0) is 14.1. The predicted molar refractivity (Wildman–Crippen MR) is 77.9 cm³/mol. The molecule has 2 saturated carbocycles. The quantitative estimate of drug-likeness (QED) is 0.623. The summed E-state index contributed by atoms with van der Waals surface area (Å²) in [5.41, 5.74) is -0.0733. The van der Waals surface area contributed by atoms with E-state index in [2.05, 4.69) is 13.8 Å². The van der Waals surface area contributed by atoms with Crippen molar-refractivity contribution in [2.24, 2.45) is 16.7 Å². The van der Waals surface area contributed by atoms with Gasteiger partial charge in [-0.25, -0.2) is 0 Å². The van der Waals surface area contributed by atoms with Crippen molar-refractivity contribution in [3.8, 4) is 0 Å². The van der Waals surface area contributed by atoms with Crippen molar-refractivity contribution in [1.29, 1.82) is 0 Å². The molecule has 1 N–H and O–H groups in total. The van der Waals surface area contributed by atoms with E-state index in [0.29, 0.717) is 11.7 Å². The first-order valence-corrected chi connectivity index (χ1v) is 8.23. The molecule has 0 aliphatic heterocycles. The minimum Gasteiger partial charge on any atom is -0.504 e. The van der Waals surface area contributed by atoms with Crippen LogP contribution in [0.2, 0.25) is 0 Å². The molecule has 0 radical (unpaired) electrons. The van der Waals surface area contributed by atoms with Gasteiger partial charge in [-0.1, -0.05) is 19.9 Å². The molecule has 3 nitrogen and oxygen atoms in total. The highest BCUT2D eigenvalue weighted by Crippen LogP contribution is 2.65. The Kier molecular flexibility index (Phi) is 4.21. The maximum atomic E-state index is 12.2. The van der Waals surface area contributed by atoms with Crippen molar-refractivity contribution >= 4 is 10.8 Å². The van der Waals surface area contributed by atoms with E-state index in [0.717, 1.165) is 19.3 Å². The fourth-order valence-corrected chi connectivity index (χ4v) is 5.52. The third kappa shape index (κ3) is 2.40. The van der Waals surface area contributed by atoms with E-state index in [1.54, 1.807) is 30.9 Å². The van der Waals surface area contributed by atoms with Gasteiger partial charge in [0.2, 0.25) is 0 Å². The molecule has 4 atom stereocenters. The maximum absolute atomic E-state index is 12.2. The second-order valence-electron chi connectivity index (χ2n) is 6.28. The first-order valence-electron chi connectivity index (χ1n) is 6.85. The van der Waals surface area contributed by atoms with Gasteiger partial charge in [0.05, 0.1) is 19.5 Å². The molecule has 2 aliphatic rings. The van der Waals surface area contributed by atoms with Crippen LogP contribution in [0, 0.1) is 16.7 Å². The van der Waals surface area contributed by atoms with E-state index in [4.69, 9.17) is 4.74 Å². The zero-order valence-corrected chi connectivity index (χ0v) is 12.8. The van der Waals surface area contributed by atoms with Gasteiger partial charge in [-0.2, -0.15) is 0 Å². The van der Waals surface area contributed by atoms with Crippen LogP contribution >= 0.6 is 0 Å². The van der Waals surface area contributed by atoms with Crippen LogP contribution in [0.3, 0.4) is 0 Å². The van der Waals surface area contributed by atoms with Gasteiger partial charge in [0, 0.05) is 27.4 Å². The van der Waals surface area contributed by atoms with Gasteiger partial charge >= 0.3 is 0 Å². The molecule has 0 aromatic carbocycles. The lowest BCUT2D eigenvalue weighted by atomic mass is 9.70. The molecule has 2 aliphatic carbocycles. The summed E-state index contributed by atoms with van der Waals surface area (Å²) in [6.07, 6.45) is 7.76. The Bertz CT molecular complexity index is 414. The second-order valence-corrected chi connectivity index (χ2v) is 7.61. The fourth-order valence-electron chi connectivity index (χ4n) is 3.94. The van der Waals surface area contributed by atoms with Crippen molar-refractivity contribution < 1.29 is 14.1 Å². The molecule has 0 heterocycles. The summed E-state index contributed by atoms with van der Waals surface area (Å²) in [5.74, 6) is 1.14. The Labute approximate surface area is 118 Å². The number of rotatable bonds is 5. The van der Waals surface area contributed by atoms with E-state index in [1.807, 2.05) is 0 Å². The number of ether oxygens (including phenoxy) is 1. The van der Waals surface area contributed by atoms with E-state index in [-0.39, 0.29) is 16.9 Å². The number of allylic oxidation sites excluding steroid dienone is 2. The normalized spacial score (nSPS) is 38.3. The smallest absolute Gasteiger partial charge is 0.0824 e. The molecule has 19 heavy (non-hydrogen) atoms. The highest BCUT2D eigenvalue weighted by atomic mass is 32.2. The number of fused-ring (bicyclic) bond motifs is 2. The molecule has 2 fully saturated rings. The SMILES string of the molecule is CO/C=C/C=C/[S@](=O)C[C@]12CC[C@H](C[C@H]1O)C2(C)C. The summed E-state index contributed by atoms with van der Waals surface area (Å²) in [6.45, 7) is 4.46. The Hall–Kier alpha value is -0.610. The standard InChI is InChI=1S/C15H24O3S/c1-14(2)12-6-7-15(14,13(16)10-12)11-19(17)9-5-4-8-18-3/h4-5,8-9,12-13,16H,6-7,10-11H2,1-3H3/b8-4+,9-5+/t12-,13-,15-,19+/m1/s1. The summed E-state index contributed by atoms with van der Waals surface area (Å²) in [6, 6.07) is 0. The monoisotopic (exact) mass is 284 g/mol. The molecular formula is C15H24O3S. The molecule has 0 amide bonds. The molecular weight excluding hydrogens is 260 g/mol. The van der Waals surface area contributed by atoms with Gasteiger partial charge in [-0.3, -0.25) is 4.21 Å². The van der Waals surface area contributed by atoms with Gasteiger partial charge in [0.25, 0.3) is 0 Å². The van der Waals surface area contributed by atoms with Crippen molar-refractivity contribution in [2.45, 2.75) is 39.2 Å². The minimum absolute atomic E-state index is 0.0955. The largest absolute Gasteiger partial charge is 0.504 e. The zero-order valence-electron chi connectivity index (χ0n) is 12.0.